The molecule has 0 heterocycles. The summed E-state index contributed by atoms with van der Waals surface area (Å²) in [6.07, 6.45) is 0. The predicted molar refractivity (Wildman–Crippen MR) is 48.5 cm³/mol. The van der Waals surface area contributed by atoms with E-state index < -0.39 is 11.4 Å². The zero-order valence-corrected chi connectivity index (χ0v) is 11.9. The number of nitrogens with two attached hydrogens (primary N) is 1. The van der Waals surface area contributed by atoms with Gasteiger partial charge in [-0.3, -0.25) is 4.79 Å². The molecule has 0 radical (unpaired) electrons. The van der Waals surface area contributed by atoms with Gasteiger partial charge in [0.2, 0.25) is 5.91 Å². The molecule has 0 rings (SSSR count). The van der Waals surface area contributed by atoms with E-state index >= 15 is 0 Å². The van der Waals surface area contributed by atoms with Crippen LogP contribution in [0.2, 0.25) is 0 Å². The molecule has 0 unspecified atom stereocenters. The second-order valence-corrected chi connectivity index (χ2v) is 4.09. The van der Waals surface area contributed by atoms with Gasteiger partial charge in [0, 0.05) is 17.3 Å². The van der Waals surface area contributed by atoms with Crippen LogP contribution in [0.4, 0.5) is 0 Å². The van der Waals surface area contributed by atoms with Gasteiger partial charge in [-0.25, -0.2) is 0 Å². The predicted octanol–water partition coefficient (Wildman–Crippen LogP) is -3.09. The largest absolute Gasteiger partial charge is 1.00 e. The first-order valence-corrected chi connectivity index (χ1v) is 4.09. The van der Waals surface area contributed by atoms with E-state index in [9.17, 15) is 14.7 Å². The van der Waals surface area contributed by atoms with Crippen molar-refractivity contribution < 1.29 is 44.3 Å². The number of carboxylic acids is 1. The topological polar surface area (TPSA) is 83.2 Å². The number of carbonyl (C=O) groups excluding carboxylic acids is 2. The molecule has 1 amide bonds. The van der Waals surface area contributed by atoms with E-state index in [-0.39, 0.29) is 41.4 Å². The molecule has 0 fully saturated rings. The summed E-state index contributed by atoms with van der Waals surface area (Å²) >= 11 is 0. The average Bonchev–Trinajstić information content (AvgIpc) is 1.86. The van der Waals surface area contributed by atoms with Crippen LogP contribution in [0.3, 0.4) is 0 Å². The van der Waals surface area contributed by atoms with Gasteiger partial charge >= 0.3 is 29.6 Å². The van der Waals surface area contributed by atoms with E-state index in [2.05, 4.69) is 0 Å². The zero-order valence-electron chi connectivity index (χ0n) is 9.88. The minimum absolute atomic E-state index is 0. The summed E-state index contributed by atoms with van der Waals surface area (Å²) < 4.78 is 0. The maximum absolute atomic E-state index is 9.92. The van der Waals surface area contributed by atoms with E-state index in [1.54, 1.807) is 34.6 Å². The van der Waals surface area contributed by atoms with E-state index in [0.717, 1.165) is 0 Å². The molecular weight excluding hydrogens is 193 g/mol. The molecule has 4 nitrogen and oxygen atoms in total. The van der Waals surface area contributed by atoms with E-state index in [4.69, 9.17) is 5.73 Å². The van der Waals surface area contributed by atoms with Gasteiger partial charge in [0.15, 0.2) is 0 Å². The SMILES string of the molecule is CC(C)(C)C(=O)[O-].CC(C)C(N)=O.[Na+]. The molecule has 14 heavy (non-hydrogen) atoms. The summed E-state index contributed by atoms with van der Waals surface area (Å²) in [5.74, 6) is -1.26. The third-order valence-electron chi connectivity index (χ3n) is 1.18. The number of carbonyl (C=O) groups is 2. The van der Waals surface area contributed by atoms with E-state index in [1.165, 1.54) is 0 Å². The van der Waals surface area contributed by atoms with Crippen molar-refractivity contribution in [1.29, 1.82) is 0 Å². The van der Waals surface area contributed by atoms with Crippen molar-refractivity contribution in [3.8, 4) is 0 Å². The fraction of sp³-hybridized carbons (Fsp3) is 0.778. The molecule has 0 aromatic heterocycles. The number of carboxylic acid groups (broad SMARTS) is 1. The molecular formula is C9H18NNaO3. The second kappa shape index (κ2) is 8.26. The van der Waals surface area contributed by atoms with Crippen molar-refractivity contribution in [3.63, 3.8) is 0 Å². The Bertz CT molecular complexity index is 185. The van der Waals surface area contributed by atoms with Crippen LogP contribution in [-0.4, -0.2) is 11.9 Å². The van der Waals surface area contributed by atoms with Crippen LogP contribution in [-0.2, 0) is 9.59 Å². The van der Waals surface area contributed by atoms with E-state index in [1.807, 2.05) is 0 Å². The molecule has 0 aliphatic carbocycles. The Balaban J connectivity index is -0.000000163. The average molecular weight is 211 g/mol. The number of hydrogen-bond donors (Lipinski definition) is 1. The molecule has 0 aromatic rings. The summed E-state index contributed by atoms with van der Waals surface area (Å²) in [5.41, 5.74) is 4.10. The monoisotopic (exact) mass is 211 g/mol. The summed E-state index contributed by atoms with van der Waals surface area (Å²) in [7, 11) is 0. The van der Waals surface area contributed by atoms with Crippen LogP contribution < -0.4 is 40.4 Å². The quantitative estimate of drug-likeness (QED) is 0.467. The van der Waals surface area contributed by atoms with Gasteiger partial charge in [0.25, 0.3) is 0 Å². The van der Waals surface area contributed by atoms with Crippen LogP contribution in [0.1, 0.15) is 34.6 Å². The van der Waals surface area contributed by atoms with Gasteiger partial charge in [-0.05, 0) is 0 Å². The van der Waals surface area contributed by atoms with Gasteiger partial charge in [-0.15, -0.1) is 0 Å². The molecule has 0 atom stereocenters. The third kappa shape index (κ3) is 14.5. The standard InChI is InChI=1S/C5H10O2.C4H9NO.Na/c1-5(2,3)4(6)7;1-3(2)4(5)6;/h1-3H3,(H,6,7);3H,1-2H3,(H2,5,6);/q;;+1/p-1. The Morgan fingerprint density at radius 3 is 1.36 bits per heavy atom. The van der Waals surface area contributed by atoms with Gasteiger partial charge < -0.3 is 15.6 Å². The summed E-state index contributed by atoms with van der Waals surface area (Å²) in [6.45, 7) is 8.33. The van der Waals surface area contributed by atoms with Crippen molar-refractivity contribution in [2.75, 3.05) is 0 Å². The van der Waals surface area contributed by atoms with Crippen molar-refractivity contribution in [2.45, 2.75) is 34.6 Å². The van der Waals surface area contributed by atoms with E-state index in [0.29, 0.717) is 0 Å². The summed E-state index contributed by atoms with van der Waals surface area (Å²) in [6, 6.07) is 0. The number of hydrogen-bond acceptors (Lipinski definition) is 3. The number of amides is 1. The maximum Gasteiger partial charge on any atom is 1.00 e. The Kier molecular flexibility index (Phi) is 11.5. The van der Waals surface area contributed by atoms with Gasteiger partial charge in [0.05, 0.1) is 0 Å². The number of rotatable bonds is 1. The smallest absolute Gasteiger partial charge is 0.550 e. The van der Waals surface area contributed by atoms with Crippen LogP contribution in [0.5, 0.6) is 0 Å². The molecule has 78 valence electrons. The Labute approximate surface area is 108 Å². The fourth-order valence-corrected chi connectivity index (χ4v) is 0. The van der Waals surface area contributed by atoms with Crippen LogP contribution in [0.25, 0.3) is 0 Å². The molecule has 5 heteroatoms. The first-order valence-electron chi connectivity index (χ1n) is 4.09. The molecule has 2 N–H and O–H groups in total. The van der Waals surface area contributed by atoms with Crippen LogP contribution in [0.15, 0.2) is 0 Å². The molecule has 0 saturated heterocycles. The van der Waals surface area contributed by atoms with Crippen molar-refractivity contribution in [3.05, 3.63) is 0 Å². The van der Waals surface area contributed by atoms with Crippen LogP contribution in [0, 0.1) is 11.3 Å². The second-order valence-electron chi connectivity index (χ2n) is 4.09. The zero-order chi connectivity index (χ0) is 11.2. The molecule has 0 bridgehead atoms. The van der Waals surface area contributed by atoms with Crippen LogP contribution >= 0.6 is 0 Å². The normalized spacial score (nSPS) is 9.57. The minimum atomic E-state index is -1.01. The summed E-state index contributed by atoms with van der Waals surface area (Å²) in [5, 5.41) is 9.91. The first kappa shape index (κ1) is 19.5. The maximum atomic E-state index is 9.92. The molecule has 0 aliphatic rings. The molecule has 0 saturated carbocycles. The minimum Gasteiger partial charge on any atom is -0.550 e. The Morgan fingerprint density at radius 2 is 1.36 bits per heavy atom. The fourth-order valence-electron chi connectivity index (χ4n) is 0. The third-order valence-corrected chi connectivity index (χ3v) is 1.18. The van der Waals surface area contributed by atoms with Crippen molar-refractivity contribution >= 4 is 11.9 Å². The molecule has 0 spiro atoms. The van der Waals surface area contributed by atoms with Gasteiger partial charge in [0.1, 0.15) is 0 Å². The van der Waals surface area contributed by atoms with Gasteiger partial charge in [-0.2, -0.15) is 0 Å². The first-order chi connectivity index (χ1) is 5.59. The molecule has 0 aliphatic heterocycles. The van der Waals surface area contributed by atoms with Gasteiger partial charge in [-0.1, -0.05) is 34.6 Å². The molecule has 0 aromatic carbocycles. The summed E-state index contributed by atoms with van der Waals surface area (Å²) in [4.78, 5) is 19.8. The number of aliphatic carboxylic acids is 1. The Morgan fingerprint density at radius 1 is 1.21 bits per heavy atom. The van der Waals surface area contributed by atoms with Crippen molar-refractivity contribution in [1.82, 2.24) is 0 Å². The van der Waals surface area contributed by atoms with Crippen molar-refractivity contribution in [2.24, 2.45) is 17.1 Å². The Hall–Kier alpha value is -0.0600. The number of primary amides is 1.